The van der Waals surface area contributed by atoms with E-state index in [9.17, 15) is 8.42 Å². The van der Waals surface area contributed by atoms with Crippen molar-refractivity contribution in [2.24, 2.45) is 5.73 Å². The average molecular weight is 229 g/mol. The van der Waals surface area contributed by atoms with Crippen LogP contribution >= 0.6 is 0 Å². The Hall–Kier alpha value is -1.07. The maximum absolute atomic E-state index is 11.6. The summed E-state index contributed by atoms with van der Waals surface area (Å²) in [4.78, 5) is 0.248. The first-order valence-electron chi connectivity index (χ1n) is 4.56. The van der Waals surface area contributed by atoms with E-state index in [0.29, 0.717) is 24.3 Å². The Morgan fingerprint density at radius 2 is 2.07 bits per heavy atom. The zero-order valence-electron chi connectivity index (χ0n) is 8.86. The van der Waals surface area contributed by atoms with E-state index in [4.69, 9.17) is 10.5 Å². The average Bonchev–Trinajstić information content (AvgIpc) is 2.16. The highest BCUT2D eigenvalue weighted by molar-refractivity contribution is 7.90. The molecule has 0 bridgehead atoms. The monoisotopic (exact) mass is 229 g/mol. The lowest BCUT2D eigenvalue weighted by Gasteiger charge is -2.11. The van der Waals surface area contributed by atoms with Crippen molar-refractivity contribution in [1.29, 1.82) is 0 Å². The Morgan fingerprint density at radius 3 is 2.53 bits per heavy atom. The van der Waals surface area contributed by atoms with Gasteiger partial charge in [0.1, 0.15) is 10.6 Å². The summed E-state index contributed by atoms with van der Waals surface area (Å²) in [5.74, 6) is 0.378. The van der Waals surface area contributed by atoms with Crippen molar-refractivity contribution in [1.82, 2.24) is 0 Å². The minimum absolute atomic E-state index is 0.248. The van der Waals surface area contributed by atoms with Crippen molar-refractivity contribution in [2.45, 2.75) is 11.3 Å². The van der Waals surface area contributed by atoms with Gasteiger partial charge in [-0.05, 0) is 24.6 Å². The van der Waals surface area contributed by atoms with Crippen LogP contribution in [0, 0.1) is 0 Å². The van der Waals surface area contributed by atoms with E-state index in [0.717, 1.165) is 0 Å². The molecule has 0 atom stereocenters. The molecule has 0 spiro atoms. The number of rotatable bonds is 4. The van der Waals surface area contributed by atoms with Gasteiger partial charge in [0, 0.05) is 6.26 Å². The summed E-state index contributed by atoms with van der Waals surface area (Å²) >= 11 is 0. The van der Waals surface area contributed by atoms with Crippen LogP contribution in [0.15, 0.2) is 23.1 Å². The van der Waals surface area contributed by atoms with Crippen molar-refractivity contribution < 1.29 is 13.2 Å². The van der Waals surface area contributed by atoms with Crippen molar-refractivity contribution in [2.75, 3.05) is 19.9 Å². The highest BCUT2D eigenvalue weighted by Gasteiger charge is 2.18. The van der Waals surface area contributed by atoms with Crippen LogP contribution in [0.4, 0.5) is 0 Å². The molecule has 0 aliphatic rings. The van der Waals surface area contributed by atoms with Crippen LogP contribution in [0.2, 0.25) is 0 Å². The lowest BCUT2D eigenvalue weighted by Crippen LogP contribution is -2.09. The molecule has 0 saturated carbocycles. The van der Waals surface area contributed by atoms with Crippen molar-refractivity contribution >= 4 is 9.84 Å². The predicted octanol–water partition coefficient (Wildman–Crippen LogP) is 0.600. The van der Waals surface area contributed by atoms with Gasteiger partial charge in [0.2, 0.25) is 0 Å². The van der Waals surface area contributed by atoms with Gasteiger partial charge in [0.15, 0.2) is 9.84 Å². The highest BCUT2D eigenvalue weighted by atomic mass is 32.2. The normalized spacial score (nSPS) is 11.4. The molecule has 84 valence electrons. The first-order chi connectivity index (χ1) is 7.00. The standard InChI is InChI=1S/C10H15NO3S/c1-14-9-5-3-4-8(6-7-11)10(9)15(2,12)13/h3-5H,6-7,11H2,1-2H3. The van der Waals surface area contributed by atoms with E-state index in [2.05, 4.69) is 0 Å². The molecular weight excluding hydrogens is 214 g/mol. The number of ether oxygens (including phenoxy) is 1. The van der Waals surface area contributed by atoms with Gasteiger partial charge >= 0.3 is 0 Å². The van der Waals surface area contributed by atoms with Crippen LogP contribution in [0.3, 0.4) is 0 Å². The molecular formula is C10H15NO3S. The SMILES string of the molecule is COc1cccc(CCN)c1S(C)(=O)=O. The minimum Gasteiger partial charge on any atom is -0.495 e. The minimum atomic E-state index is -3.28. The van der Waals surface area contributed by atoms with Crippen LogP contribution in [0.25, 0.3) is 0 Å². The molecule has 0 unspecified atom stereocenters. The molecule has 2 N–H and O–H groups in total. The molecule has 1 aromatic carbocycles. The largest absolute Gasteiger partial charge is 0.495 e. The summed E-state index contributed by atoms with van der Waals surface area (Å²) < 4.78 is 28.2. The van der Waals surface area contributed by atoms with Gasteiger partial charge in [-0.3, -0.25) is 0 Å². The van der Waals surface area contributed by atoms with E-state index >= 15 is 0 Å². The zero-order valence-corrected chi connectivity index (χ0v) is 9.67. The summed E-state index contributed by atoms with van der Waals surface area (Å²) in [5, 5.41) is 0. The smallest absolute Gasteiger partial charge is 0.179 e. The molecule has 0 heterocycles. The van der Waals surface area contributed by atoms with E-state index < -0.39 is 9.84 Å². The number of benzene rings is 1. The van der Waals surface area contributed by atoms with Gasteiger partial charge in [-0.1, -0.05) is 12.1 Å². The second kappa shape index (κ2) is 4.63. The van der Waals surface area contributed by atoms with Gasteiger partial charge < -0.3 is 10.5 Å². The van der Waals surface area contributed by atoms with Crippen molar-refractivity contribution in [3.63, 3.8) is 0 Å². The molecule has 5 heteroatoms. The number of hydrogen-bond acceptors (Lipinski definition) is 4. The van der Waals surface area contributed by atoms with Crippen LogP contribution in [-0.2, 0) is 16.3 Å². The third-order valence-corrected chi connectivity index (χ3v) is 3.27. The fourth-order valence-corrected chi connectivity index (χ4v) is 2.66. The van der Waals surface area contributed by atoms with Crippen molar-refractivity contribution in [3.8, 4) is 5.75 Å². The lowest BCUT2D eigenvalue weighted by molar-refractivity contribution is 0.401. The Morgan fingerprint density at radius 1 is 1.40 bits per heavy atom. The maximum atomic E-state index is 11.6. The van der Waals surface area contributed by atoms with Gasteiger partial charge in [-0.25, -0.2) is 8.42 Å². The highest BCUT2D eigenvalue weighted by Crippen LogP contribution is 2.27. The molecule has 1 rings (SSSR count). The molecule has 0 aliphatic carbocycles. The molecule has 0 fully saturated rings. The third kappa shape index (κ3) is 2.70. The number of hydrogen-bond donors (Lipinski definition) is 1. The molecule has 0 saturated heterocycles. The van der Waals surface area contributed by atoms with Crippen LogP contribution in [-0.4, -0.2) is 28.3 Å². The molecule has 0 amide bonds. The molecule has 15 heavy (non-hydrogen) atoms. The van der Waals surface area contributed by atoms with Crippen LogP contribution in [0.5, 0.6) is 5.75 Å². The second-order valence-corrected chi connectivity index (χ2v) is 5.21. The van der Waals surface area contributed by atoms with Gasteiger partial charge in [0.05, 0.1) is 7.11 Å². The summed E-state index contributed by atoms with van der Waals surface area (Å²) in [5.41, 5.74) is 6.14. The third-order valence-electron chi connectivity index (χ3n) is 2.06. The number of sulfone groups is 1. The van der Waals surface area contributed by atoms with Crippen LogP contribution in [0.1, 0.15) is 5.56 Å². The van der Waals surface area contributed by atoms with Crippen LogP contribution < -0.4 is 10.5 Å². The molecule has 0 radical (unpaired) electrons. The summed E-state index contributed by atoms with van der Waals surface area (Å²) in [6, 6.07) is 5.15. The Balaban J connectivity index is 3.41. The quantitative estimate of drug-likeness (QED) is 0.820. The molecule has 1 aromatic rings. The van der Waals surface area contributed by atoms with Gasteiger partial charge in [-0.15, -0.1) is 0 Å². The van der Waals surface area contributed by atoms with E-state index in [1.54, 1.807) is 18.2 Å². The molecule has 0 aliphatic heterocycles. The fourth-order valence-electron chi connectivity index (χ4n) is 1.50. The maximum Gasteiger partial charge on any atom is 0.179 e. The molecule has 4 nitrogen and oxygen atoms in total. The van der Waals surface area contributed by atoms with E-state index in [1.807, 2.05) is 0 Å². The summed E-state index contributed by atoms with van der Waals surface area (Å²) in [6.07, 6.45) is 1.70. The van der Waals surface area contributed by atoms with E-state index in [-0.39, 0.29) is 4.90 Å². The van der Waals surface area contributed by atoms with Gasteiger partial charge in [-0.2, -0.15) is 0 Å². The summed E-state index contributed by atoms with van der Waals surface area (Å²) in [7, 11) is -1.82. The zero-order chi connectivity index (χ0) is 11.5. The number of methoxy groups -OCH3 is 1. The Bertz CT molecular complexity index is 440. The Labute approximate surface area is 90.0 Å². The summed E-state index contributed by atoms with van der Waals surface area (Å²) in [6.45, 7) is 0.412. The van der Waals surface area contributed by atoms with Gasteiger partial charge in [0.25, 0.3) is 0 Å². The topological polar surface area (TPSA) is 69.4 Å². The molecule has 0 aromatic heterocycles. The first-order valence-corrected chi connectivity index (χ1v) is 6.46. The van der Waals surface area contributed by atoms with Crippen molar-refractivity contribution in [3.05, 3.63) is 23.8 Å². The Kier molecular flexibility index (Phi) is 3.71. The number of nitrogens with two attached hydrogens (primary N) is 1. The first kappa shape index (κ1) is 12.0. The lowest BCUT2D eigenvalue weighted by atomic mass is 10.1. The van der Waals surface area contributed by atoms with E-state index in [1.165, 1.54) is 13.4 Å². The fraction of sp³-hybridized carbons (Fsp3) is 0.400. The predicted molar refractivity (Wildman–Crippen MR) is 58.9 cm³/mol. The second-order valence-electron chi connectivity index (χ2n) is 3.26.